The van der Waals surface area contributed by atoms with Crippen LogP contribution in [0.4, 0.5) is 17.5 Å². The van der Waals surface area contributed by atoms with Gasteiger partial charge in [0.05, 0.1) is 30.2 Å². The van der Waals surface area contributed by atoms with Crippen molar-refractivity contribution in [2.45, 2.75) is 23.8 Å². The number of nitrogens with one attached hydrogen (secondary N) is 1. The van der Waals surface area contributed by atoms with E-state index in [-0.39, 0.29) is 28.1 Å². The number of halogens is 1. The molecule has 11 heteroatoms. The third kappa shape index (κ3) is 4.40. The molecule has 0 bridgehead atoms. The first kappa shape index (κ1) is 21.7. The molecule has 1 N–H and O–H groups in total. The number of nitrogens with zero attached hydrogens (tertiary/aromatic N) is 4. The van der Waals surface area contributed by atoms with Crippen molar-refractivity contribution in [3.8, 4) is 5.75 Å². The van der Waals surface area contributed by atoms with E-state index in [9.17, 15) is 13.2 Å². The van der Waals surface area contributed by atoms with Gasteiger partial charge in [0.15, 0.2) is 15.7 Å². The molecule has 172 valence electrons. The zero-order valence-corrected chi connectivity index (χ0v) is 19.4. The minimum Gasteiger partial charge on any atom is -0.487 e. The smallest absolute Gasteiger partial charge is 0.250 e. The van der Waals surface area contributed by atoms with Crippen molar-refractivity contribution in [2.75, 3.05) is 29.1 Å². The Labute approximate surface area is 195 Å². The van der Waals surface area contributed by atoms with Gasteiger partial charge in [-0.25, -0.2) is 13.4 Å². The van der Waals surface area contributed by atoms with Gasteiger partial charge in [-0.2, -0.15) is 4.98 Å². The summed E-state index contributed by atoms with van der Waals surface area (Å²) in [5.74, 6) is 1.48. The fraction of sp³-hybridized carbons (Fsp3) is 0.318. The number of rotatable bonds is 5. The maximum atomic E-state index is 12.8. The van der Waals surface area contributed by atoms with Gasteiger partial charge in [-0.1, -0.05) is 11.6 Å². The zero-order chi connectivity index (χ0) is 23.2. The molecule has 0 atom stereocenters. The fourth-order valence-electron chi connectivity index (χ4n) is 3.92. The quantitative estimate of drug-likeness (QED) is 0.585. The molecule has 1 saturated heterocycles. The van der Waals surface area contributed by atoms with Gasteiger partial charge in [0.1, 0.15) is 16.7 Å². The number of ether oxygens (including phenoxy) is 1. The lowest BCUT2D eigenvalue weighted by atomic mass is 10.1. The molecule has 1 fully saturated rings. The van der Waals surface area contributed by atoms with Gasteiger partial charge in [-0.15, -0.1) is 0 Å². The van der Waals surface area contributed by atoms with E-state index in [4.69, 9.17) is 16.3 Å². The van der Waals surface area contributed by atoms with Crippen LogP contribution in [0.15, 0.2) is 52.3 Å². The topological polar surface area (TPSA) is 106 Å². The number of fused-ring (bicyclic) bond motifs is 1. The monoisotopic (exact) mass is 487 g/mol. The average Bonchev–Trinajstić information content (AvgIpc) is 2.73. The number of sulfone groups is 1. The van der Waals surface area contributed by atoms with E-state index in [0.29, 0.717) is 48.3 Å². The lowest BCUT2D eigenvalue weighted by Crippen LogP contribution is -2.54. The van der Waals surface area contributed by atoms with Crippen molar-refractivity contribution in [3.05, 3.63) is 63.7 Å². The van der Waals surface area contributed by atoms with Crippen molar-refractivity contribution in [1.29, 1.82) is 0 Å². The van der Waals surface area contributed by atoms with Gasteiger partial charge in [0.25, 0.3) is 0 Å². The Bertz CT molecular complexity index is 1370. The molecule has 9 nitrogen and oxygen atoms in total. The fourth-order valence-corrected chi connectivity index (χ4v) is 5.68. The molecule has 4 heterocycles. The number of benzene rings is 1. The minimum absolute atomic E-state index is 0.0328. The molecular weight excluding hydrogens is 466 g/mol. The Morgan fingerprint density at radius 1 is 1.12 bits per heavy atom. The lowest BCUT2D eigenvalue weighted by Gasteiger charge is -2.39. The van der Waals surface area contributed by atoms with E-state index in [1.165, 1.54) is 10.6 Å². The van der Waals surface area contributed by atoms with Gasteiger partial charge in [0, 0.05) is 24.3 Å². The first-order valence-corrected chi connectivity index (χ1v) is 12.6. The van der Waals surface area contributed by atoms with Gasteiger partial charge in [-0.3, -0.25) is 4.79 Å². The van der Waals surface area contributed by atoms with Crippen LogP contribution < -0.4 is 20.5 Å². The van der Waals surface area contributed by atoms with Crippen molar-refractivity contribution in [2.24, 2.45) is 7.05 Å². The Kier molecular flexibility index (Phi) is 5.49. The second-order valence-corrected chi connectivity index (χ2v) is 10.6. The van der Waals surface area contributed by atoms with Crippen molar-refractivity contribution >= 4 is 38.9 Å². The number of anilines is 3. The summed E-state index contributed by atoms with van der Waals surface area (Å²) in [4.78, 5) is 23.0. The van der Waals surface area contributed by atoms with Crippen LogP contribution in [0.5, 0.6) is 5.75 Å². The number of hydrogen-bond donors (Lipinski definition) is 1. The van der Waals surface area contributed by atoms with Gasteiger partial charge in [0.2, 0.25) is 11.5 Å². The summed E-state index contributed by atoms with van der Waals surface area (Å²) in [7, 11) is -1.88. The third-order valence-electron chi connectivity index (χ3n) is 5.66. The largest absolute Gasteiger partial charge is 0.487 e. The average molecular weight is 488 g/mol. The molecule has 2 aliphatic rings. The minimum atomic E-state index is -3.51. The molecule has 0 unspecified atom stereocenters. The molecule has 33 heavy (non-hydrogen) atoms. The maximum absolute atomic E-state index is 12.8. The first-order chi connectivity index (χ1) is 15.8. The molecule has 5 rings (SSSR count). The summed E-state index contributed by atoms with van der Waals surface area (Å²) < 4.78 is 33.0. The molecule has 0 amide bonds. The highest BCUT2D eigenvalue weighted by molar-refractivity contribution is 7.91. The van der Waals surface area contributed by atoms with Crippen molar-refractivity contribution in [1.82, 2.24) is 14.5 Å². The highest BCUT2D eigenvalue weighted by Crippen LogP contribution is 2.34. The van der Waals surface area contributed by atoms with Gasteiger partial charge < -0.3 is 19.5 Å². The van der Waals surface area contributed by atoms with Crippen molar-refractivity contribution < 1.29 is 13.2 Å². The predicted octanol–water partition coefficient (Wildman–Crippen LogP) is 2.56. The Morgan fingerprint density at radius 2 is 1.88 bits per heavy atom. The van der Waals surface area contributed by atoms with Crippen LogP contribution in [0.25, 0.3) is 0 Å². The van der Waals surface area contributed by atoms with Gasteiger partial charge >= 0.3 is 0 Å². The van der Waals surface area contributed by atoms with E-state index in [0.717, 1.165) is 5.75 Å². The zero-order valence-electron chi connectivity index (χ0n) is 17.9. The number of hydrogen-bond acceptors (Lipinski definition) is 8. The van der Waals surface area contributed by atoms with Crippen LogP contribution in [0.2, 0.25) is 5.02 Å². The van der Waals surface area contributed by atoms with Crippen LogP contribution >= 0.6 is 11.6 Å². The van der Waals surface area contributed by atoms with E-state index in [1.54, 1.807) is 31.4 Å². The van der Waals surface area contributed by atoms with E-state index in [2.05, 4.69) is 15.3 Å². The normalized spacial score (nSPS) is 17.2. The van der Waals surface area contributed by atoms with Crippen LogP contribution in [0, 0.1) is 0 Å². The highest BCUT2D eigenvalue weighted by atomic mass is 35.5. The standard InChI is InChI=1S/C22H22ClN5O4S/c1-27-11-15(6-9-19(27)29)24-21-20-18(3-2-10-33(20,30)31)25-22(26-21)28-12-17(13-28)32-16-7-4-14(23)5-8-16/h4-9,11,17H,2-3,10,12-13H2,1H3,(H,24,25,26). The molecule has 2 aliphatic heterocycles. The van der Waals surface area contributed by atoms with Crippen LogP contribution in [-0.2, 0) is 23.3 Å². The summed E-state index contributed by atoms with van der Waals surface area (Å²) in [5, 5.41) is 3.74. The molecule has 1 aromatic carbocycles. The van der Waals surface area contributed by atoms with Crippen LogP contribution in [-0.4, -0.2) is 47.9 Å². The van der Waals surface area contributed by atoms with Crippen molar-refractivity contribution in [3.63, 3.8) is 0 Å². The molecule has 0 radical (unpaired) electrons. The Morgan fingerprint density at radius 3 is 2.61 bits per heavy atom. The number of aryl methyl sites for hydroxylation is 2. The predicted molar refractivity (Wildman–Crippen MR) is 125 cm³/mol. The molecule has 3 aromatic rings. The molecular formula is C22H22ClN5O4S. The molecule has 2 aromatic heterocycles. The van der Waals surface area contributed by atoms with E-state index in [1.807, 2.05) is 17.0 Å². The maximum Gasteiger partial charge on any atom is 0.250 e. The molecule has 0 aliphatic carbocycles. The second kappa shape index (κ2) is 8.35. The van der Waals surface area contributed by atoms with Gasteiger partial charge in [-0.05, 0) is 43.2 Å². The number of aromatic nitrogens is 3. The lowest BCUT2D eigenvalue weighted by molar-refractivity contribution is 0.166. The summed E-state index contributed by atoms with van der Waals surface area (Å²) in [5.41, 5.74) is 0.920. The van der Waals surface area contributed by atoms with Crippen LogP contribution in [0.3, 0.4) is 0 Å². The Hall–Kier alpha value is -3.11. The number of pyridine rings is 1. The summed E-state index contributed by atoms with van der Waals surface area (Å²) in [6, 6.07) is 10.2. The summed E-state index contributed by atoms with van der Waals surface area (Å²) in [6.07, 6.45) is 2.65. The van der Waals surface area contributed by atoms with E-state index >= 15 is 0 Å². The SMILES string of the molecule is Cn1cc(Nc2nc(N3CC(Oc4ccc(Cl)cc4)C3)nc3c2S(=O)(=O)CCC3)ccc1=O. The van der Waals surface area contributed by atoms with Crippen LogP contribution in [0.1, 0.15) is 12.1 Å². The third-order valence-corrected chi connectivity index (χ3v) is 7.79. The highest BCUT2D eigenvalue weighted by Gasteiger charge is 2.35. The second-order valence-electron chi connectivity index (χ2n) is 8.16. The summed E-state index contributed by atoms with van der Waals surface area (Å²) >= 11 is 5.92. The molecule has 0 spiro atoms. The first-order valence-electron chi connectivity index (χ1n) is 10.5. The van der Waals surface area contributed by atoms with E-state index < -0.39 is 9.84 Å². The summed E-state index contributed by atoms with van der Waals surface area (Å²) in [6.45, 7) is 1.15. The Balaban J connectivity index is 1.42. The molecule has 0 saturated carbocycles.